The summed E-state index contributed by atoms with van der Waals surface area (Å²) in [4.78, 5) is 6.91. The molecule has 1 heterocycles. The number of likely N-dealkylation sites (N-methyl/N-ethyl adjacent to an activating group) is 1. The number of nitrogens with one attached hydrogen (secondary N) is 2. The Hall–Kier alpha value is -0.120. The van der Waals surface area contributed by atoms with Gasteiger partial charge >= 0.3 is 0 Å². The summed E-state index contributed by atoms with van der Waals surface area (Å²) >= 11 is 0. The summed E-state index contributed by atoms with van der Waals surface area (Å²) in [5, 5.41) is 6.63. The van der Waals surface area contributed by atoms with Crippen molar-refractivity contribution >= 4 is 29.9 Å². The molecule has 0 aliphatic carbocycles. The summed E-state index contributed by atoms with van der Waals surface area (Å²) in [5.41, 5.74) is 0. The standard InChI is InChI=1S/C16H34N4O2.HI/c1-4-6-10-21-11-7-8-18-16(17-5-2)19-13-15-14-20(3)9-12-22-15;/h15H,4-14H2,1-3H3,(H2,17,18,19);1H. The summed E-state index contributed by atoms with van der Waals surface area (Å²) in [6, 6.07) is 0. The lowest BCUT2D eigenvalue weighted by atomic mass is 10.3. The number of unbranched alkanes of at least 4 members (excludes halogenated alkanes) is 1. The zero-order valence-corrected chi connectivity index (χ0v) is 17.3. The van der Waals surface area contributed by atoms with E-state index >= 15 is 0 Å². The summed E-state index contributed by atoms with van der Waals surface area (Å²) in [6.07, 6.45) is 3.53. The fourth-order valence-electron chi connectivity index (χ4n) is 2.24. The van der Waals surface area contributed by atoms with Gasteiger partial charge in [-0.3, -0.25) is 4.99 Å². The summed E-state index contributed by atoms with van der Waals surface area (Å²) in [5.74, 6) is 0.868. The first kappa shape index (κ1) is 22.9. The lowest BCUT2D eigenvalue weighted by molar-refractivity contribution is -0.0136. The Morgan fingerprint density at radius 1 is 1.26 bits per heavy atom. The average molecular weight is 442 g/mol. The molecule has 0 amide bonds. The smallest absolute Gasteiger partial charge is 0.191 e. The largest absolute Gasteiger partial charge is 0.381 e. The topological polar surface area (TPSA) is 58.1 Å². The van der Waals surface area contributed by atoms with Crippen LogP contribution in [0.1, 0.15) is 33.1 Å². The molecule has 1 aliphatic rings. The second kappa shape index (κ2) is 15.4. The van der Waals surface area contributed by atoms with Crippen LogP contribution in [0.15, 0.2) is 4.99 Å². The average Bonchev–Trinajstić information content (AvgIpc) is 2.51. The molecule has 0 aromatic heterocycles. The molecule has 1 saturated heterocycles. The number of hydrogen-bond donors (Lipinski definition) is 2. The number of morpholine rings is 1. The molecule has 0 aromatic carbocycles. The van der Waals surface area contributed by atoms with Crippen molar-refractivity contribution in [3.63, 3.8) is 0 Å². The van der Waals surface area contributed by atoms with E-state index in [1.807, 2.05) is 0 Å². The van der Waals surface area contributed by atoms with Crippen molar-refractivity contribution in [3.8, 4) is 0 Å². The number of aliphatic imine (C=N–C) groups is 1. The van der Waals surface area contributed by atoms with Crippen molar-refractivity contribution < 1.29 is 9.47 Å². The maximum absolute atomic E-state index is 5.73. The fraction of sp³-hybridized carbons (Fsp3) is 0.938. The molecule has 6 nitrogen and oxygen atoms in total. The lowest BCUT2D eigenvalue weighted by Crippen LogP contribution is -2.43. The third-order valence-corrected chi connectivity index (χ3v) is 3.54. The Balaban J connectivity index is 0.00000484. The van der Waals surface area contributed by atoms with E-state index in [2.05, 4.69) is 41.4 Å². The van der Waals surface area contributed by atoms with Crippen LogP contribution in [0.4, 0.5) is 0 Å². The molecule has 7 heteroatoms. The molecular weight excluding hydrogens is 407 g/mol. The van der Waals surface area contributed by atoms with Crippen molar-refractivity contribution in [2.24, 2.45) is 4.99 Å². The molecule has 1 rings (SSSR count). The van der Waals surface area contributed by atoms with Crippen molar-refractivity contribution in [2.75, 3.05) is 59.6 Å². The number of hydrogen-bond acceptors (Lipinski definition) is 4. The van der Waals surface area contributed by atoms with E-state index in [0.717, 1.165) is 64.8 Å². The summed E-state index contributed by atoms with van der Waals surface area (Å²) in [6.45, 7) is 11.1. The molecule has 1 unspecified atom stereocenters. The maximum Gasteiger partial charge on any atom is 0.191 e. The van der Waals surface area contributed by atoms with Gasteiger partial charge in [0.25, 0.3) is 0 Å². The number of guanidine groups is 1. The number of rotatable bonds is 10. The fourth-order valence-corrected chi connectivity index (χ4v) is 2.24. The highest BCUT2D eigenvalue weighted by molar-refractivity contribution is 14.0. The molecule has 2 N–H and O–H groups in total. The summed E-state index contributed by atoms with van der Waals surface area (Å²) < 4.78 is 11.3. The van der Waals surface area contributed by atoms with Crippen LogP contribution >= 0.6 is 24.0 Å². The minimum absolute atomic E-state index is 0. The minimum atomic E-state index is 0. The first-order valence-electron chi connectivity index (χ1n) is 8.66. The van der Waals surface area contributed by atoms with Crippen molar-refractivity contribution in [2.45, 2.75) is 39.2 Å². The zero-order valence-electron chi connectivity index (χ0n) is 15.0. The van der Waals surface area contributed by atoms with Crippen LogP contribution in [-0.4, -0.2) is 76.6 Å². The van der Waals surface area contributed by atoms with Gasteiger partial charge < -0.3 is 25.0 Å². The van der Waals surface area contributed by atoms with Gasteiger partial charge in [-0.15, -0.1) is 24.0 Å². The Labute approximate surface area is 158 Å². The highest BCUT2D eigenvalue weighted by Gasteiger charge is 2.17. The Morgan fingerprint density at radius 3 is 2.74 bits per heavy atom. The van der Waals surface area contributed by atoms with E-state index in [0.29, 0.717) is 6.54 Å². The molecule has 0 spiro atoms. The number of ether oxygens (including phenoxy) is 2. The predicted molar refractivity (Wildman–Crippen MR) is 107 cm³/mol. The third-order valence-electron chi connectivity index (χ3n) is 3.54. The second-order valence-electron chi connectivity index (χ2n) is 5.72. The molecule has 23 heavy (non-hydrogen) atoms. The molecule has 0 aromatic rings. The van der Waals surface area contributed by atoms with E-state index < -0.39 is 0 Å². The molecule has 0 bridgehead atoms. The highest BCUT2D eigenvalue weighted by atomic mass is 127. The van der Waals surface area contributed by atoms with Gasteiger partial charge in [0.2, 0.25) is 0 Å². The SMILES string of the molecule is CCCCOCCCNC(=NCC1CN(C)CCO1)NCC.I. The zero-order chi connectivity index (χ0) is 16.0. The van der Waals surface area contributed by atoms with Crippen LogP contribution < -0.4 is 10.6 Å². The molecular formula is C16H35IN4O2. The molecule has 138 valence electrons. The van der Waals surface area contributed by atoms with Gasteiger partial charge in [0.05, 0.1) is 19.3 Å². The van der Waals surface area contributed by atoms with E-state index in [1.54, 1.807) is 0 Å². The molecule has 0 radical (unpaired) electrons. The Bertz CT molecular complexity index is 306. The first-order chi connectivity index (χ1) is 10.8. The lowest BCUT2D eigenvalue weighted by Gasteiger charge is -2.29. The summed E-state index contributed by atoms with van der Waals surface area (Å²) in [7, 11) is 2.13. The van der Waals surface area contributed by atoms with Crippen molar-refractivity contribution in [1.29, 1.82) is 0 Å². The van der Waals surface area contributed by atoms with Gasteiger partial charge in [-0.1, -0.05) is 13.3 Å². The molecule has 0 saturated carbocycles. The van der Waals surface area contributed by atoms with E-state index in [1.165, 1.54) is 6.42 Å². The molecule has 1 aliphatic heterocycles. The maximum atomic E-state index is 5.73. The van der Waals surface area contributed by atoms with Gasteiger partial charge in [0.1, 0.15) is 0 Å². The van der Waals surface area contributed by atoms with Crippen LogP contribution in [0, 0.1) is 0 Å². The quantitative estimate of drug-likeness (QED) is 0.234. The number of halogens is 1. The van der Waals surface area contributed by atoms with Crippen LogP contribution in [-0.2, 0) is 9.47 Å². The Morgan fingerprint density at radius 2 is 2.04 bits per heavy atom. The second-order valence-corrected chi connectivity index (χ2v) is 5.72. The van der Waals surface area contributed by atoms with Crippen LogP contribution in [0.3, 0.4) is 0 Å². The van der Waals surface area contributed by atoms with Gasteiger partial charge in [-0.2, -0.15) is 0 Å². The Kier molecular flexibility index (Phi) is 15.3. The third kappa shape index (κ3) is 12.0. The van der Waals surface area contributed by atoms with Crippen molar-refractivity contribution in [1.82, 2.24) is 15.5 Å². The van der Waals surface area contributed by atoms with Crippen LogP contribution in [0.2, 0.25) is 0 Å². The normalized spacial score (nSPS) is 19.3. The monoisotopic (exact) mass is 442 g/mol. The van der Waals surface area contributed by atoms with Gasteiger partial charge in [0.15, 0.2) is 5.96 Å². The van der Waals surface area contributed by atoms with Crippen LogP contribution in [0.25, 0.3) is 0 Å². The highest BCUT2D eigenvalue weighted by Crippen LogP contribution is 2.02. The van der Waals surface area contributed by atoms with E-state index in [4.69, 9.17) is 9.47 Å². The van der Waals surface area contributed by atoms with Crippen LogP contribution in [0.5, 0.6) is 0 Å². The van der Waals surface area contributed by atoms with Gasteiger partial charge in [-0.05, 0) is 26.8 Å². The van der Waals surface area contributed by atoms with E-state index in [9.17, 15) is 0 Å². The van der Waals surface area contributed by atoms with Crippen molar-refractivity contribution in [3.05, 3.63) is 0 Å². The predicted octanol–water partition coefficient (Wildman–Crippen LogP) is 1.70. The first-order valence-corrected chi connectivity index (χ1v) is 8.66. The van der Waals surface area contributed by atoms with Gasteiger partial charge in [-0.25, -0.2) is 0 Å². The molecule has 1 fully saturated rings. The minimum Gasteiger partial charge on any atom is -0.381 e. The van der Waals surface area contributed by atoms with E-state index in [-0.39, 0.29) is 30.1 Å². The molecule has 1 atom stereocenters. The van der Waals surface area contributed by atoms with Gasteiger partial charge in [0, 0.05) is 39.4 Å². The number of nitrogens with zero attached hydrogens (tertiary/aromatic N) is 2.